The summed E-state index contributed by atoms with van der Waals surface area (Å²) in [7, 11) is 0. The van der Waals surface area contributed by atoms with Crippen LogP contribution in [0.2, 0.25) is 0 Å². The lowest BCUT2D eigenvalue weighted by molar-refractivity contribution is -0.858. The molecule has 6 aliphatic rings. The van der Waals surface area contributed by atoms with Crippen molar-refractivity contribution in [3.05, 3.63) is 29.2 Å². The van der Waals surface area contributed by atoms with Gasteiger partial charge in [-0.25, -0.2) is 0 Å². The fourth-order valence-electron chi connectivity index (χ4n) is 9.45. The van der Waals surface area contributed by atoms with Crippen LogP contribution in [0.1, 0.15) is 71.1 Å². The van der Waals surface area contributed by atoms with E-state index in [0.717, 1.165) is 65.6 Å². The molecule has 1 N–H and O–H groups in total. The molecule has 0 bridgehead atoms. The molecule has 2 heterocycles. The molecule has 5 saturated carbocycles. The van der Waals surface area contributed by atoms with E-state index in [1.807, 2.05) is 17.1 Å². The first-order valence-electron chi connectivity index (χ1n) is 12.9. The first kappa shape index (κ1) is 18.9. The van der Waals surface area contributed by atoms with Crippen molar-refractivity contribution in [2.75, 3.05) is 6.54 Å². The first-order valence-corrected chi connectivity index (χ1v) is 12.9. The molecule has 1 aromatic rings. The Balaban J connectivity index is 1.07. The number of nitrogens with zero attached hydrogens (tertiary/aromatic N) is 4. The second kappa shape index (κ2) is 6.48. The van der Waals surface area contributed by atoms with Gasteiger partial charge in [0, 0.05) is 18.7 Å². The average Bonchev–Trinajstić information content (AvgIpc) is 3.13. The van der Waals surface area contributed by atoms with Gasteiger partial charge < -0.3 is 5.11 Å². The number of aromatic nitrogens is 1. The van der Waals surface area contributed by atoms with Crippen LogP contribution in [0.25, 0.3) is 0 Å². The summed E-state index contributed by atoms with van der Waals surface area (Å²) in [5.41, 5.74) is 0.272. The average molecular weight is 421 g/mol. The second-order valence-corrected chi connectivity index (χ2v) is 12.1. The molecule has 9 atom stereocenters. The van der Waals surface area contributed by atoms with Gasteiger partial charge in [0.2, 0.25) is 5.10 Å². The Hall–Kier alpha value is -1.58. The summed E-state index contributed by atoms with van der Waals surface area (Å²) >= 11 is 0. The Morgan fingerprint density at radius 2 is 1.84 bits per heavy atom. The van der Waals surface area contributed by atoms with Crippen LogP contribution in [-0.4, -0.2) is 31.8 Å². The number of hydrogen-bond donors (Lipinski definition) is 1. The molecule has 5 aliphatic carbocycles. The smallest absolute Gasteiger partial charge is 0.380 e. The summed E-state index contributed by atoms with van der Waals surface area (Å²) in [5, 5.41) is 17.2. The minimum absolute atomic E-state index is 0.239. The van der Waals surface area contributed by atoms with Crippen LogP contribution >= 0.6 is 0 Å². The van der Waals surface area contributed by atoms with Crippen LogP contribution in [0, 0.1) is 46.8 Å². The molecule has 164 valence electrons. The summed E-state index contributed by atoms with van der Waals surface area (Å²) in [6, 6.07) is 1.96. The Morgan fingerprint density at radius 3 is 2.68 bits per heavy atom. The van der Waals surface area contributed by atoms with Gasteiger partial charge in [-0.15, -0.1) is 0 Å². The van der Waals surface area contributed by atoms with Crippen LogP contribution in [-0.2, 0) is 0 Å². The molecule has 7 rings (SSSR count). The largest absolute Gasteiger partial charge is 0.390 e. The number of pyridine rings is 1. The van der Waals surface area contributed by atoms with Crippen LogP contribution in [0.5, 0.6) is 0 Å². The fourth-order valence-corrected chi connectivity index (χ4v) is 9.45. The standard InChI is InChI=1S/C26H36N4O/c1-25-10-6-17-18-7-11-26(31)14-22(26)20(18)4-3-19(17)21(25)5-2-16(25)9-13-30-28-23-8-12-27-15-24(23)29-30/h8,12,15-22,31H,2-7,9-11,13-14H2,1H3/q+2/t16?,17-,18-,19-,20-,21+,22?,25-,26+/m1/s1. The number of hydrogen-bond acceptors (Lipinski definition) is 3. The van der Waals surface area contributed by atoms with E-state index in [1.165, 1.54) is 51.4 Å². The third-order valence-corrected chi connectivity index (χ3v) is 11.1. The summed E-state index contributed by atoms with van der Waals surface area (Å²) in [5.74, 6) is 6.05. The summed E-state index contributed by atoms with van der Waals surface area (Å²) in [4.78, 5) is 10.7. The lowest BCUT2D eigenvalue weighted by atomic mass is 9.49. The molecule has 1 aliphatic heterocycles. The van der Waals surface area contributed by atoms with Gasteiger partial charge in [-0.05, 0) is 105 Å². The van der Waals surface area contributed by atoms with E-state index in [9.17, 15) is 5.11 Å². The van der Waals surface area contributed by atoms with Crippen LogP contribution < -0.4 is 10.7 Å². The van der Waals surface area contributed by atoms with Crippen molar-refractivity contribution >= 4 is 0 Å². The summed E-state index contributed by atoms with van der Waals surface area (Å²) < 4.78 is 0. The number of fused-ring (bicyclic) bond motifs is 8. The summed E-state index contributed by atoms with van der Waals surface area (Å²) in [6.07, 6.45) is 16.8. The Morgan fingerprint density at radius 1 is 1.03 bits per heavy atom. The van der Waals surface area contributed by atoms with E-state index in [0.29, 0.717) is 11.3 Å². The van der Waals surface area contributed by atoms with Gasteiger partial charge in [-0.1, -0.05) is 6.92 Å². The van der Waals surface area contributed by atoms with E-state index >= 15 is 0 Å². The van der Waals surface area contributed by atoms with Gasteiger partial charge in [0.15, 0.2) is 0 Å². The Kier molecular flexibility index (Phi) is 3.96. The number of aliphatic hydroxyl groups is 1. The van der Waals surface area contributed by atoms with E-state index in [1.54, 1.807) is 6.20 Å². The molecule has 0 amide bonds. The molecular weight excluding hydrogens is 384 g/mol. The molecule has 5 nitrogen and oxygen atoms in total. The molecule has 2 unspecified atom stereocenters. The highest BCUT2D eigenvalue weighted by Gasteiger charge is 2.65. The highest BCUT2D eigenvalue weighted by Crippen LogP contribution is 2.68. The van der Waals surface area contributed by atoms with Gasteiger partial charge >= 0.3 is 10.7 Å². The predicted octanol–water partition coefficient (Wildman–Crippen LogP) is 2.94. The van der Waals surface area contributed by atoms with Gasteiger partial charge in [0.25, 0.3) is 11.4 Å². The van der Waals surface area contributed by atoms with Gasteiger partial charge in [0.05, 0.1) is 10.4 Å². The molecule has 0 radical (unpaired) electrons. The quantitative estimate of drug-likeness (QED) is 0.604. The maximum absolute atomic E-state index is 10.7. The highest BCUT2D eigenvalue weighted by molar-refractivity contribution is 5.14. The van der Waals surface area contributed by atoms with Gasteiger partial charge in [-0.2, -0.15) is 0 Å². The number of rotatable bonds is 3. The molecule has 31 heavy (non-hydrogen) atoms. The van der Waals surface area contributed by atoms with Crippen molar-refractivity contribution in [1.82, 2.24) is 4.98 Å². The lowest BCUT2D eigenvalue weighted by Gasteiger charge is -2.56. The highest BCUT2D eigenvalue weighted by atomic mass is 16.3. The minimum atomic E-state index is -0.239. The van der Waals surface area contributed by atoms with Crippen LogP contribution in [0.3, 0.4) is 0 Å². The molecule has 0 spiro atoms. The molecule has 5 heteroatoms. The lowest BCUT2D eigenvalue weighted by Crippen LogP contribution is -2.49. The third-order valence-electron chi connectivity index (χ3n) is 11.1. The normalized spacial score (nSPS) is 48.8. The monoisotopic (exact) mass is 420 g/mol. The van der Waals surface area contributed by atoms with Crippen molar-refractivity contribution in [1.29, 1.82) is 0 Å². The minimum Gasteiger partial charge on any atom is -0.390 e. The van der Waals surface area contributed by atoms with Gasteiger partial charge in [-0.3, -0.25) is 4.98 Å². The molecular formula is C26H36N4O+2. The van der Waals surface area contributed by atoms with E-state index in [2.05, 4.69) is 21.8 Å². The molecule has 5 fully saturated rings. The van der Waals surface area contributed by atoms with Crippen molar-refractivity contribution in [3.8, 4) is 0 Å². The molecule has 1 aromatic heterocycles. The SMILES string of the molecule is C[C@]12CC[C@@H]3[C@H]4CC[C@]5(O)CC5[C@@H]4CC[C@H]3[C@@H]1CCC2CC[N+]1=[N+]=c2cnccc2=N1. The van der Waals surface area contributed by atoms with E-state index in [4.69, 9.17) is 0 Å². The topological polar surface area (TPSA) is 62.6 Å². The third kappa shape index (κ3) is 2.72. The van der Waals surface area contributed by atoms with Crippen molar-refractivity contribution < 1.29 is 14.7 Å². The molecule has 0 aromatic carbocycles. The second-order valence-electron chi connectivity index (χ2n) is 12.1. The fraction of sp³-hybridized carbons (Fsp3) is 0.808. The first-order chi connectivity index (χ1) is 15.1. The van der Waals surface area contributed by atoms with Crippen molar-refractivity contribution in [2.24, 2.45) is 51.9 Å². The predicted molar refractivity (Wildman–Crippen MR) is 113 cm³/mol. The van der Waals surface area contributed by atoms with Crippen LogP contribution in [0.15, 0.2) is 23.6 Å². The van der Waals surface area contributed by atoms with Crippen LogP contribution in [0.4, 0.5) is 0 Å². The Labute approximate surface area is 184 Å². The van der Waals surface area contributed by atoms with E-state index < -0.39 is 0 Å². The summed E-state index contributed by atoms with van der Waals surface area (Å²) in [6.45, 7) is 3.57. The zero-order chi connectivity index (χ0) is 20.8. The molecule has 0 saturated heterocycles. The zero-order valence-electron chi connectivity index (χ0n) is 18.8. The van der Waals surface area contributed by atoms with Gasteiger partial charge in [0.1, 0.15) is 6.20 Å². The maximum Gasteiger partial charge on any atom is 0.380 e. The van der Waals surface area contributed by atoms with E-state index in [-0.39, 0.29) is 5.60 Å². The van der Waals surface area contributed by atoms with Crippen molar-refractivity contribution in [2.45, 2.75) is 76.7 Å². The van der Waals surface area contributed by atoms with Crippen molar-refractivity contribution in [3.63, 3.8) is 0 Å². The zero-order valence-corrected chi connectivity index (χ0v) is 18.8. The maximum atomic E-state index is 10.7. The Bertz CT molecular complexity index is 1080.